The number of primary amides is 1. The van der Waals surface area contributed by atoms with Gasteiger partial charge in [-0.15, -0.1) is 0 Å². The first-order chi connectivity index (χ1) is 8.45. The highest BCUT2D eigenvalue weighted by Crippen LogP contribution is 2.25. The lowest BCUT2D eigenvalue weighted by Crippen LogP contribution is -2.14. The van der Waals surface area contributed by atoms with Crippen LogP contribution in [0.3, 0.4) is 0 Å². The van der Waals surface area contributed by atoms with Gasteiger partial charge in [0.2, 0.25) is 5.91 Å². The molecule has 1 amide bonds. The highest BCUT2D eigenvalue weighted by Gasteiger charge is 2.16. The number of anilines is 1. The van der Waals surface area contributed by atoms with Gasteiger partial charge in [-0.05, 0) is 18.1 Å². The molecule has 18 heavy (non-hydrogen) atoms. The number of nitrogens with two attached hydrogens (primary N) is 1. The molecular weight excluding hydrogens is 234 g/mol. The summed E-state index contributed by atoms with van der Waals surface area (Å²) in [6.07, 6.45) is 0.986. The Morgan fingerprint density at radius 3 is 2.72 bits per heavy atom. The minimum Gasteiger partial charge on any atom is -0.379 e. The maximum Gasteiger partial charge on any atom is 0.293 e. The van der Waals surface area contributed by atoms with Gasteiger partial charge in [0, 0.05) is 18.2 Å². The molecule has 1 atom stereocenters. The maximum atomic E-state index is 11.0. The van der Waals surface area contributed by atoms with E-state index in [9.17, 15) is 14.9 Å². The molecule has 1 rings (SSSR count). The Labute approximate surface area is 105 Å². The summed E-state index contributed by atoms with van der Waals surface area (Å²) in [5.41, 5.74) is 5.51. The van der Waals surface area contributed by atoms with Gasteiger partial charge in [-0.3, -0.25) is 14.9 Å². The first-order valence-electron chi connectivity index (χ1n) is 5.77. The fourth-order valence-corrected chi connectivity index (χ4v) is 1.41. The topological polar surface area (TPSA) is 98.3 Å². The van der Waals surface area contributed by atoms with E-state index >= 15 is 0 Å². The molecule has 0 saturated heterocycles. The van der Waals surface area contributed by atoms with Crippen molar-refractivity contribution in [2.24, 2.45) is 11.7 Å². The van der Waals surface area contributed by atoms with Crippen molar-refractivity contribution in [1.29, 1.82) is 0 Å². The number of nitro groups is 1. The van der Waals surface area contributed by atoms with Crippen LogP contribution in [-0.4, -0.2) is 17.4 Å². The fourth-order valence-electron chi connectivity index (χ4n) is 1.41. The molecule has 0 radical (unpaired) electrons. The Hall–Kier alpha value is -2.11. The Bertz CT molecular complexity index is 460. The van der Waals surface area contributed by atoms with Gasteiger partial charge in [0.25, 0.3) is 5.69 Å². The van der Waals surface area contributed by atoms with Gasteiger partial charge < -0.3 is 11.1 Å². The van der Waals surface area contributed by atoms with E-state index in [4.69, 9.17) is 5.73 Å². The molecule has 6 nitrogen and oxygen atoms in total. The second-order valence-electron chi connectivity index (χ2n) is 4.25. The van der Waals surface area contributed by atoms with Gasteiger partial charge in [-0.25, -0.2) is 0 Å². The maximum absolute atomic E-state index is 11.0. The summed E-state index contributed by atoms with van der Waals surface area (Å²) in [7, 11) is 0. The Balaban J connectivity index is 2.97. The second kappa shape index (κ2) is 6.00. The normalized spacial score (nSPS) is 11.9. The van der Waals surface area contributed by atoms with E-state index in [1.54, 1.807) is 0 Å². The van der Waals surface area contributed by atoms with Crippen molar-refractivity contribution in [3.63, 3.8) is 0 Å². The highest BCUT2D eigenvalue weighted by molar-refractivity contribution is 5.94. The number of nitrogens with one attached hydrogen (secondary N) is 1. The van der Waals surface area contributed by atoms with Crippen molar-refractivity contribution in [3.8, 4) is 0 Å². The van der Waals surface area contributed by atoms with Crippen LogP contribution in [-0.2, 0) is 0 Å². The number of amides is 1. The highest BCUT2D eigenvalue weighted by atomic mass is 16.6. The molecule has 0 spiro atoms. The molecule has 0 bridgehead atoms. The summed E-state index contributed by atoms with van der Waals surface area (Å²) in [6.45, 7) is 4.75. The lowest BCUT2D eigenvalue weighted by Gasteiger charge is -2.11. The molecule has 0 saturated carbocycles. The third-order valence-electron chi connectivity index (χ3n) is 2.82. The Kier molecular flexibility index (Phi) is 4.65. The van der Waals surface area contributed by atoms with Gasteiger partial charge >= 0.3 is 0 Å². The molecular formula is C12H17N3O3. The van der Waals surface area contributed by atoms with Crippen LogP contribution in [0.5, 0.6) is 0 Å². The molecule has 6 heteroatoms. The Morgan fingerprint density at radius 2 is 2.22 bits per heavy atom. The van der Waals surface area contributed by atoms with Crippen LogP contribution in [0, 0.1) is 16.0 Å². The van der Waals surface area contributed by atoms with Gasteiger partial charge in [0.05, 0.1) is 4.92 Å². The number of benzene rings is 1. The largest absolute Gasteiger partial charge is 0.379 e. The number of hydrogen-bond donors (Lipinski definition) is 2. The van der Waals surface area contributed by atoms with E-state index in [1.165, 1.54) is 18.2 Å². The van der Waals surface area contributed by atoms with Crippen LogP contribution in [0.1, 0.15) is 30.6 Å². The average molecular weight is 251 g/mol. The summed E-state index contributed by atoms with van der Waals surface area (Å²) in [5.74, 6) is -0.257. The van der Waals surface area contributed by atoms with E-state index in [0.717, 1.165) is 6.42 Å². The first kappa shape index (κ1) is 14.0. The van der Waals surface area contributed by atoms with Crippen molar-refractivity contribution >= 4 is 17.3 Å². The third kappa shape index (κ3) is 3.44. The molecule has 0 aliphatic heterocycles. The molecule has 98 valence electrons. The summed E-state index contributed by atoms with van der Waals surface area (Å²) >= 11 is 0. The van der Waals surface area contributed by atoms with Crippen molar-refractivity contribution < 1.29 is 9.72 Å². The molecule has 0 aliphatic carbocycles. The van der Waals surface area contributed by atoms with Crippen molar-refractivity contribution in [2.45, 2.75) is 20.3 Å². The van der Waals surface area contributed by atoms with Gasteiger partial charge in [0.1, 0.15) is 5.69 Å². The fraction of sp³-hybridized carbons (Fsp3) is 0.417. The molecule has 1 unspecified atom stereocenters. The van der Waals surface area contributed by atoms with E-state index in [2.05, 4.69) is 19.2 Å². The Morgan fingerprint density at radius 1 is 1.56 bits per heavy atom. The number of carbonyl (C=O) groups excluding carboxylic acids is 1. The molecule has 1 aromatic carbocycles. The lowest BCUT2D eigenvalue weighted by molar-refractivity contribution is -0.384. The molecule has 0 heterocycles. The van der Waals surface area contributed by atoms with E-state index < -0.39 is 10.8 Å². The van der Waals surface area contributed by atoms with Crippen molar-refractivity contribution in [2.75, 3.05) is 11.9 Å². The van der Waals surface area contributed by atoms with Gasteiger partial charge in [-0.1, -0.05) is 20.3 Å². The first-order valence-corrected chi connectivity index (χ1v) is 5.77. The zero-order chi connectivity index (χ0) is 13.7. The quantitative estimate of drug-likeness (QED) is 0.597. The number of hydrogen-bond acceptors (Lipinski definition) is 4. The van der Waals surface area contributed by atoms with E-state index in [-0.39, 0.29) is 11.3 Å². The SMILES string of the molecule is CCC(C)CNc1ccc(C(N)=O)cc1[N+](=O)[O-]. The lowest BCUT2D eigenvalue weighted by atomic mass is 10.1. The van der Waals surface area contributed by atoms with Crippen LogP contribution in [0.2, 0.25) is 0 Å². The zero-order valence-corrected chi connectivity index (χ0v) is 10.5. The zero-order valence-electron chi connectivity index (χ0n) is 10.5. The smallest absolute Gasteiger partial charge is 0.293 e. The van der Waals surface area contributed by atoms with Crippen molar-refractivity contribution in [3.05, 3.63) is 33.9 Å². The van der Waals surface area contributed by atoms with Crippen LogP contribution in [0.15, 0.2) is 18.2 Å². The molecule has 0 aromatic heterocycles. The number of nitrogens with zero attached hydrogens (tertiary/aromatic N) is 1. The molecule has 0 fully saturated rings. The van der Waals surface area contributed by atoms with Crippen LogP contribution in [0.25, 0.3) is 0 Å². The number of rotatable bonds is 6. The predicted octanol–water partition coefficient (Wildman–Crippen LogP) is 2.15. The van der Waals surface area contributed by atoms with Crippen LogP contribution < -0.4 is 11.1 Å². The van der Waals surface area contributed by atoms with Gasteiger partial charge in [0.15, 0.2) is 0 Å². The standard InChI is InChI=1S/C12H17N3O3/c1-3-8(2)7-14-10-5-4-9(12(13)16)6-11(10)15(17)18/h4-6,8,14H,3,7H2,1-2H3,(H2,13,16). The third-order valence-corrected chi connectivity index (χ3v) is 2.82. The second-order valence-corrected chi connectivity index (χ2v) is 4.25. The number of nitro benzene ring substituents is 1. The van der Waals surface area contributed by atoms with E-state index in [0.29, 0.717) is 18.2 Å². The molecule has 3 N–H and O–H groups in total. The van der Waals surface area contributed by atoms with E-state index in [1.807, 2.05) is 0 Å². The molecule has 0 aliphatic rings. The molecule has 1 aromatic rings. The minimum absolute atomic E-state index is 0.130. The minimum atomic E-state index is -0.674. The predicted molar refractivity (Wildman–Crippen MR) is 69.6 cm³/mol. The van der Waals surface area contributed by atoms with Crippen molar-refractivity contribution in [1.82, 2.24) is 0 Å². The van der Waals surface area contributed by atoms with Crippen LogP contribution in [0.4, 0.5) is 11.4 Å². The summed E-state index contributed by atoms with van der Waals surface area (Å²) < 4.78 is 0. The monoisotopic (exact) mass is 251 g/mol. The number of carbonyl (C=O) groups is 1. The average Bonchev–Trinajstić information content (AvgIpc) is 2.35. The summed E-state index contributed by atoms with van der Waals surface area (Å²) in [6, 6.07) is 4.19. The van der Waals surface area contributed by atoms with Crippen LogP contribution >= 0.6 is 0 Å². The van der Waals surface area contributed by atoms with Gasteiger partial charge in [-0.2, -0.15) is 0 Å². The summed E-state index contributed by atoms with van der Waals surface area (Å²) in [5, 5.41) is 13.9. The summed E-state index contributed by atoms with van der Waals surface area (Å²) in [4.78, 5) is 21.4.